The summed E-state index contributed by atoms with van der Waals surface area (Å²) in [7, 11) is -2.78. The van der Waals surface area contributed by atoms with E-state index in [9.17, 15) is 8.42 Å². The van der Waals surface area contributed by atoms with Crippen LogP contribution in [-0.2, 0) is 9.84 Å². The van der Waals surface area contributed by atoms with E-state index in [1.54, 1.807) is 0 Å². The fourth-order valence-corrected chi connectivity index (χ4v) is 5.39. The average molecular weight is 274 g/mol. The molecule has 0 radical (unpaired) electrons. The number of hydrogen-bond acceptors (Lipinski definition) is 4. The van der Waals surface area contributed by atoms with Crippen LogP contribution >= 0.6 is 0 Å². The van der Waals surface area contributed by atoms with Crippen molar-refractivity contribution in [3.8, 4) is 0 Å². The Morgan fingerprint density at radius 1 is 1.06 bits per heavy atom. The van der Waals surface area contributed by atoms with E-state index in [2.05, 4.69) is 38.3 Å². The zero-order chi connectivity index (χ0) is 13.6. The maximum atomic E-state index is 11.5. The summed E-state index contributed by atoms with van der Waals surface area (Å²) >= 11 is 0. The topological polar surface area (TPSA) is 58.2 Å². The van der Waals surface area contributed by atoms with Crippen molar-refractivity contribution in [3.63, 3.8) is 0 Å². The maximum absolute atomic E-state index is 11.5. The molecule has 0 aromatic carbocycles. The Labute approximate surface area is 111 Å². The third kappa shape index (κ3) is 3.68. The fraction of sp³-hybridized carbons (Fsp3) is 1.00. The van der Waals surface area contributed by atoms with E-state index in [-0.39, 0.29) is 17.1 Å². The van der Waals surface area contributed by atoms with Crippen molar-refractivity contribution in [1.29, 1.82) is 0 Å². The van der Waals surface area contributed by atoms with Crippen LogP contribution in [-0.4, -0.2) is 43.1 Å². The minimum Gasteiger partial charge on any atom is -0.310 e. The molecule has 0 saturated carbocycles. The molecule has 2 saturated heterocycles. The van der Waals surface area contributed by atoms with Gasteiger partial charge in [0.15, 0.2) is 9.84 Å². The van der Waals surface area contributed by atoms with Crippen LogP contribution in [0.2, 0.25) is 0 Å². The van der Waals surface area contributed by atoms with Crippen LogP contribution in [0.5, 0.6) is 0 Å². The Kier molecular flexibility index (Phi) is 3.54. The summed E-state index contributed by atoms with van der Waals surface area (Å²) in [6, 6.07) is 0.569. The van der Waals surface area contributed by atoms with Crippen LogP contribution in [0.3, 0.4) is 0 Å². The second-order valence-corrected chi connectivity index (χ2v) is 9.49. The van der Waals surface area contributed by atoms with E-state index in [1.807, 2.05) is 0 Å². The van der Waals surface area contributed by atoms with Crippen LogP contribution < -0.4 is 10.6 Å². The zero-order valence-electron chi connectivity index (χ0n) is 11.9. The number of nitrogens with one attached hydrogen (secondary N) is 2. The molecule has 2 heterocycles. The van der Waals surface area contributed by atoms with Crippen molar-refractivity contribution in [2.75, 3.05) is 11.5 Å². The van der Waals surface area contributed by atoms with Gasteiger partial charge >= 0.3 is 0 Å². The highest BCUT2D eigenvalue weighted by Crippen LogP contribution is 2.29. The third-order valence-corrected chi connectivity index (χ3v) is 5.66. The Morgan fingerprint density at radius 3 is 2.06 bits per heavy atom. The Hall–Kier alpha value is -0.130. The van der Waals surface area contributed by atoms with Crippen molar-refractivity contribution in [3.05, 3.63) is 0 Å². The van der Waals surface area contributed by atoms with Gasteiger partial charge in [0.25, 0.3) is 0 Å². The normalized spacial score (nSPS) is 34.6. The standard InChI is InChI=1S/C13H26N2O2S/c1-12(2)7-11(8-13(3,4)15-12)14-10-5-6-18(16,17)9-10/h10-11,14-15H,5-9H2,1-4H3. The quantitative estimate of drug-likeness (QED) is 0.791. The first-order valence-electron chi connectivity index (χ1n) is 6.83. The lowest BCUT2D eigenvalue weighted by molar-refractivity contribution is 0.141. The molecule has 5 heteroatoms. The maximum Gasteiger partial charge on any atom is 0.151 e. The molecule has 18 heavy (non-hydrogen) atoms. The van der Waals surface area contributed by atoms with E-state index in [0.29, 0.717) is 17.5 Å². The smallest absolute Gasteiger partial charge is 0.151 e. The van der Waals surface area contributed by atoms with Gasteiger partial charge in [0.05, 0.1) is 11.5 Å². The van der Waals surface area contributed by atoms with Gasteiger partial charge in [-0.05, 0) is 47.0 Å². The Morgan fingerprint density at radius 2 is 1.61 bits per heavy atom. The molecule has 0 aromatic rings. The SMILES string of the molecule is CC1(C)CC(NC2CCS(=O)(=O)C2)CC(C)(C)N1. The highest BCUT2D eigenvalue weighted by Gasteiger charge is 2.39. The predicted octanol–water partition coefficient (Wildman–Crippen LogP) is 1.07. The van der Waals surface area contributed by atoms with E-state index in [4.69, 9.17) is 0 Å². The average Bonchev–Trinajstić information content (AvgIpc) is 2.38. The van der Waals surface area contributed by atoms with Gasteiger partial charge in [-0.25, -0.2) is 8.42 Å². The second kappa shape index (κ2) is 4.46. The van der Waals surface area contributed by atoms with Gasteiger partial charge in [-0.2, -0.15) is 0 Å². The highest BCUT2D eigenvalue weighted by molar-refractivity contribution is 7.91. The number of rotatable bonds is 2. The number of hydrogen-bond donors (Lipinski definition) is 2. The highest BCUT2D eigenvalue weighted by atomic mass is 32.2. The summed E-state index contributed by atoms with van der Waals surface area (Å²) in [4.78, 5) is 0. The van der Waals surface area contributed by atoms with Gasteiger partial charge in [-0.1, -0.05) is 0 Å². The molecule has 106 valence electrons. The van der Waals surface area contributed by atoms with Crippen LogP contribution in [0.25, 0.3) is 0 Å². The second-order valence-electron chi connectivity index (χ2n) is 7.26. The minimum absolute atomic E-state index is 0.108. The largest absolute Gasteiger partial charge is 0.310 e. The summed E-state index contributed by atoms with van der Waals surface area (Å²) < 4.78 is 23.0. The van der Waals surface area contributed by atoms with Gasteiger partial charge in [-0.15, -0.1) is 0 Å². The monoisotopic (exact) mass is 274 g/mol. The minimum atomic E-state index is -2.78. The van der Waals surface area contributed by atoms with Crippen molar-refractivity contribution in [2.45, 2.75) is 70.1 Å². The molecule has 0 amide bonds. The first kappa shape index (κ1) is 14.3. The summed E-state index contributed by atoms with van der Waals surface area (Å²) in [6.45, 7) is 8.87. The summed E-state index contributed by atoms with van der Waals surface area (Å²) in [5, 5.41) is 7.21. The van der Waals surface area contributed by atoms with Crippen molar-refractivity contribution >= 4 is 9.84 Å². The van der Waals surface area contributed by atoms with Crippen molar-refractivity contribution in [2.24, 2.45) is 0 Å². The first-order chi connectivity index (χ1) is 8.07. The molecular weight excluding hydrogens is 248 g/mol. The fourth-order valence-electron chi connectivity index (χ4n) is 3.70. The molecule has 0 spiro atoms. The van der Waals surface area contributed by atoms with Crippen LogP contribution in [0.4, 0.5) is 0 Å². The molecule has 0 aromatic heterocycles. The van der Waals surface area contributed by atoms with Crippen molar-refractivity contribution in [1.82, 2.24) is 10.6 Å². The first-order valence-corrected chi connectivity index (χ1v) is 8.65. The van der Waals surface area contributed by atoms with E-state index in [1.165, 1.54) is 0 Å². The predicted molar refractivity (Wildman–Crippen MR) is 74.5 cm³/mol. The molecule has 2 N–H and O–H groups in total. The lowest BCUT2D eigenvalue weighted by Gasteiger charge is -2.47. The van der Waals surface area contributed by atoms with Gasteiger partial charge in [-0.3, -0.25) is 0 Å². The van der Waals surface area contributed by atoms with E-state index in [0.717, 1.165) is 19.3 Å². The molecule has 2 aliphatic rings. The molecule has 1 atom stereocenters. The van der Waals surface area contributed by atoms with Crippen LogP contribution in [0.1, 0.15) is 47.0 Å². The number of piperidine rings is 1. The van der Waals surface area contributed by atoms with E-state index >= 15 is 0 Å². The molecule has 2 rings (SSSR count). The Bertz CT molecular complexity index is 399. The molecule has 0 bridgehead atoms. The van der Waals surface area contributed by atoms with Gasteiger partial charge < -0.3 is 10.6 Å². The van der Waals surface area contributed by atoms with Crippen molar-refractivity contribution < 1.29 is 8.42 Å². The van der Waals surface area contributed by atoms with Gasteiger partial charge in [0, 0.05) is 23.2 Å². The summed E-state index contributed by atoms with van der Waals surface area (Å²) in [6.07, 6.45) is 2.87. The third-order valence-electron chi connectivity index (χ3n) is 3.89. The van der Waals surface area contributed by atoms with Crippen LogP contribution in [0, 0.1) is 0 Å². The lowest BCUT2D eigenvalue weighted by atomic mass is 9.79. The van der Waals surface area contributed by atoms with E-state index < -0.39 is 9.84 Å². The van der Waals surface area contributed by atoms with Gasteiger partial charge in [0.1, 0.15) is 0 Å². The molecule has 2 fully saturated rings. The molecule has 4 nitrogen and oxygen atoms in total. The van der Waals surface area contributed by atoms with Crippen LogP contribution in [0.15, 0.2) is 0 Å². The summed E-state index contributed by atoms with van der Waals surface area (Å²) in [5.74, 6) is 0.667. The summed E-state index contributed by atoms with van der Waals surface area (Å²) in [5.41, 5.74) is 0.216. The molecule has 0 aliphatic carbocycles. The zero-order valence-corrected chi connectivity index (χ0v) is 12.7. The van der Waals surface area contributed by atoms with Gasteiger partial charge in [0.2, 0.25) is 0 Å². The molecule has 2 aliphatic heterocycles. The molecular formula is C13H26N2O2S. The lowest BCUT2D eigenvalue weighted by Crippen LogP contribution is -2.62. The number of sulfone groups is 1. The Balaban J connectivity index is 1.97. The molecule has 1 unspecified atom stereocenters.